The summed E-state index contributed by atoms with van der Waals surface area (Å²) in [5, 5.41) is 10.1. The Morgan fingerprint density at radius 1 is 1.38 bits per heavy atom. The van der Waals surface area contributed by atoms with E-state index in [1.165, 1.54) is 0 Å². The first-order chi connectivity index (χ1) is 9.67. The molecule has 0 bridgehead atoms. The van der Waals surface area contributed by atoms with Gasteiger partial charge in [-0.3, -0.25) is 0 Å². The molecule has 0 aliphatic heterocycles. The topological polar surface area (TPSA) is 79.4 Å². The average molecular weight is 358 g/mol. The van der Waals surface area contributed by atoms with Crippen LogP contribution < -0.4 is 0 Å². The number of allylic oxidation sites excluding steroid dienone is 1. The number of carbonyl (C=O) groups is 2. The van der Waals surface area contributed by atoms with Crippen molar-refractivity contribution in [2.45, 2.75) is 39.7 Å². The highest BCUT2D eigenvalue weighted by molar-refractivity contribution is 9.09. The number of hydrogen-bond donors (Lipinski definition) is 2. The van der Waals surface area contributed by atoms with Gasteiger partial charge in [0.15, 0.2) is 0 Å². The summed E-state index contributed by atoms with van der Waals surface area (Å²) in [5.74, 6) is -1.63. The van der Waals surface area contributed by atoms with Crippen LogP contribution >= 0.6 is 15.9 Å². The number of hydrogen-bond acceptors (Lipinski definition) is 3. The summed E-state index contributed by atoms with van der Waals surface area (Å²) in [4.78, 5) is 26.4. The zero-order chi connectivity index (χ0) is 16.2. The molecule has 0 saturated heterocycles. The normalized spacial score (nSPS) is 11.9. The fourth-order valence-electron chi connectivity index (χ4n) is 1.82. The van der Waals surface area contributed by atoms with Gasteiger partial charge in [-0.25, -0.2) is 9.59 Å². The molecule has 1 heterocycles. The SMILES string of the molecule is Cc1c(C(=O)OC(C)(C)C)[nH]c(/C=C/CCBr)c1C(=O)O. The van der Waals surface area contributed by atoms with E-state index in [1.54, 1.807) is 33.8 Å². The molecule has 0 aromatic carbocycles. The number of carboxylic acid groups (broad SMARTS) is 1. The molecule has 0 atom stereocenters. The minimum absolute atomic E-state index is 0.0988. The lowest BCUT2D eigenvalue weighted by molar-refractivity contribution is 0.00627. The van der Waals surface area contributed by atoms with Crippen molar-refractivity contribution in [1.82, 2.24) is 4.98 Å². The lowest BCUT2D eigenvalue weighted by Crippen LogP contribution is -2.24. The number of aromatic carboxylic acids is 1. The Kier molecular flexibility index (Phi) is 5.78. The molecule has 0 saturated carbocycles. The van der Waals surface area contributed by atoms with E-state index in [0.717, 1.165) is 11.8 Å². The lowest BCUT2D eigenvalue weighted by atomic mass is 10.1. The predicted molar refractivity (Wildman–Crippen MR) is 85.1 cm³/mol. The van der Waals surface area contributed by atoms with Gasteiger partial charge >= 0.3 is 11.9 Å². The van der Waals surface area contributed by atoms with Gasteiger partial charge in [-0.05, 0) is 45.8 Å². The molecule has 0 unspecified atom stereocenters. The number of nitrogens with one attached hydrogen (secondary N) is 1. The van der Waals surface area contributed by atoms with Crippen LogP contribution in [0.4, 0.5) is 0 Å². The number of H-pyrrole nitrogens is 1. The predicted octanol–water partition coefficient (Wildman–Crippen LogP) is 3.77. The van der Waals surface area contributed by atoms with Crippen LogP contribution in [-0.2, 0) is 4.74 Å². The third kappa shape index (κ3) is 4.74. The van der Waals surface area contributed by atoms with Crippen molar-refractivity contribution in [3.63, 3.8) is 0 Å². The standard InChI is InChI=1S/C15H20BrNO4/c1-9-11(13(18)19)10(7-5-6-8-16)17-12(9)14(20)21-15(2,3)4/h5,7,17H,6,8H2,1-4H3,(H,18,19)/b7-5+. The molecule has 0 aliphatic rings. The second kappa shape index (κ2) is 6.93. The van der Waals surface area contributed by atoms with Gasteiger partial charge in [0.1, 0.15) is 11.3 Å². The summed E-state index contributed by atoms with van der Waals surface area (Å²) in [6.45, 7) is 6.88. The highest BCUT2D eigenvalue weighted by atomic mass is 79.9. The van der Waals surface area contributed by atoms with E-state index in [1.807, 2.05) is 6.08 Å². The highest BCUT2D eigenvalue weighted by Crippen LogP contribution is 2.22. The molecule has 116 valence electrons. The number of rotatable bonds is 5. The minimum Gasteiger partial charge on any atom is -0.478 e. The summed E-state index contributed by atoms with van der Waals surface area (Å²) in [6.07, 6.45) is 4.27. The van der Waals surface area contributed by atoms with Gasteiger partial charge < -0.3 is 14.8 Å². The van der Waals surface area contributed by atoms with Gasteiger partial charge in [0.2, 0.25) is 0 Å². The maximum Gasteiger partial charge on any atom is 0.355 e. The molecular formula is C15H20BrNO4. The smallest absolute Gasteiger partial charge is 0.355 e. The first-order valence-corrected chi connectivity index (χ1v) is 7.71. The number of alkyl halides is 1. The Balaban J connectivity index is 3.21. The third-order valence-corrected chi connectivity index (χ3v) is 3.11. The Hall–Kier alpha value is -1.56. The van der Waals surface area contributed by atoms with Gasteiger partial charge in [0.05, 0.1) is 11.3 Å². The van der Waals surface area contributed by atoms with Crippen molar-refractivity contribution in [3.8, 4) is 0 Å². The van der Waals surface area contributed by atoms with Crippen LogP contribution in [0.5, 0.6) is 0 Å². The fourth-order valence-corrected chi connectivity index (χ4v) is 2.08. The summed E-state index contributed by atoms with van der Waals surface area (Å²) in [6, 6.07) is 0. The first kappa shape index (κ1) is 17.5. The van der Waals surface area contributed by atoms with E-state index in [-0.39, 0.29) is 11.3 Å². The van der Waals surface area contributed by atoms with Gasteiger partial charge in [0.25, 0.3) is 0 Å². The van der Waals surface area contributed by atoms with Crippen molar-refractivity contribution in [3.05, 3.63) is 28.6 Å². The van der Waals surface area contributed by atoms with Crippen molar-refractivity contribution in [2.24, 2.45) is 0 Å². The molecule has 2 N–H and O–H groups in total. The Morgan fingerprint density at radius 3 is 2.48 bits per heavy atom. The number of carbonyl (C=O) groups excluding carboxylic acids is 1. The number of aromatic amines is 1. The number of esters is 1. The molecule has 0 amide bonds. The molecule has 6 heteroatoms. The van der Waals surface area contributed by atoms with Gasteiger partial charge in [0, 0.05) is 5.33 Å². The van der Waals surface area contributed by atoms with Gasteiger partial charge in [-0.2, -0.15) is 0 Å². The largest absolute Gasteiger partial charge is 0.478 e. The summed E-state index contributed by atoms with van der Waals surface area (Å²) in [5.41, 5.74) is 0.434. The fraction of sp³-hybridized carbons (Fsp3) is 0.467. The Morgan fingerprint density at radius 2 is 2.00 bits per heavy atom. The monoisotopic (exact) mass is 357 g/mol. The van der Waals surface area contributed by atoms with Crippen molar-refractivity contribution in [2.75, 3.05) is 5.33 Å². The summed E-state index contributed by atoms with van der Waals surface area (Å²) in [7, 11) is 0. The van der Waals surface area contributed by atoms with Crippen LogP contribution in [0, 0.1) is 6.92 Å². The lowest BCUT2D eigenvalue weighted by Gasteiger charge is -2.19. The summed E-state index contributed by atoms with van der Waals surface area (Å²) >= 11 is 3.29. The Labute approximate surface area is 132 Å². The van der Waals surface area contributed by atoms with Crippen LogP contribution in [-0.4, -0.2) is 33.0 Å². The molecule has 21 heavy (non-hydrogen) atoms. The van der Waals surface area contributed by atoms with Gasteiger partial charge in [-0.1, -0.05) is 22.0 Å². The van der Waals surface area contributed by atoms with Crippen LogP contribution in [0.2, 0.25) is 0 Å². The van der Waals surface area contributed by atoms with Crippen LogP contribution in [0.15, 0.2) is 6.08 Å². The van der Waals surface area contributed by atoms with E-state index in [2.05, 4.69) is 20.9 Å². The zero-order valence-electron chi connectivity index (χ0n) is 12.6. The van der Waals surface area contributed by atoms with Crippen LogP contribution in [0.25, 0.3) is 6.08 Å². The van der Waals surface area contributed by atoms with E-state index >= 15 is 0 Å². The minimum atomic E-state index is -1.07. The van der Waals surface area contributed by atoms with E-state index < -0.39 is 17.5 Å². The number of aromatic nitrogens is 1. The molecule has 0 spiro atoms. The molecule has 1 aromatic rings. The quantitative estimate of drug-likeness (QED) is 0.620. The van der Waals surface area contributed by atoms with E-state index in [9.17, 15) is 14.7 Å². The molecule has 0 aliphatic carbocycles. The molecule has 1 aromatic heterocycles. The van der Waals surface area contributed by atoms with E-state index in [0.29, 0.717) is 11.3 Å². The second-order valence-corrected chi connectivity index (χ2v) is 6.39. The van der Waals surface area contributed by atoms with E-state index in [4.69, 9.17) is 4.74 Å². The van der Waals surface area contributed by atoms with Crippen molar-refractivity contribution < 1.29 is 19.4 Å². The maximum atomic E-state index is 12.1. The summed E-state index contributed by atoms with van der Waals surface area (Å²) < 4.78 is 5.28. The molecule has 5 nitrogen and oxygen atoms in total. The van der Waals surface area contributed by atoms with Gasteiger partial charge in [-0.15, -0.1) is 0 Å². The zero-order valence-corrected chi connectivity index (χ0v) is 14.2. The molecule has 0 fully saturated rings. The number of carboxylic acids is 1. The molecular weight excluding hydrogens is 338 g/mol. The van der Waals surface area contributed by atoms with Crippen molar-refractivity contribution >= 4 is 33.9 Å². The molecule has 0 radical (unpaired) electrons. The first-order valence-electron chi connectivity index (χ1n) is 6.59. The average Bonchev–Trinajstić information content (AvgIpc) is 2.64. The second-order valence-electron chi connectivity index (χ2n) is 5.60. The van der Waals surface area contributed by atoms with Crippen LogP contribution in [0.1, 0.15) is 59.3 Å². The number of ether oxygens (including phenoxy) is 1. The maximum absolute atomic E-state index is 12.1. The van der Waals surface area contributed by atoms with Crippen molar-refractivity contribution in [1.29, 1.82) is 0 Å². The van der Waals surface area contributed by atoms with Crippen LogP contribution in [0.3, 0.4) is 0 Å². The third-order valence-electron chi connectivity index (χ3n) is 2.66. The highest BCUT2D eigenvalue weighted by Gasteiger charge is 2.26. The molecule has 1 rings (SSSR count). The number of halogens is 1. The Bertz CT molecular complexity index is 567.